The average molecular weight is 370 g/mol. The summed E-state index contributed by atoms with van der Waals surface area (Å²) in [5, 5.41) is 2.85. The number of hydrogen-bond donors (Lipinski definition) is 1. The van der Waals surface area contributed by atoms with Gasteiger partial charge in [-0.05, 0) is 29.3 Å². The van der Waals surface area contributed by atoms with Crippen LogP contribution >= 0.6 is 0 Å². The second kappa shape index (κ2) is 8.03. The van der Waals surface area contributed by atoms with Gasteiger partial charge in [0, 0.05) is 24.2 Å². The van der Waals surface area contributed by atoms with Gasteiger partial charge in [-0.1, -0.05) is 54.6 Å². The van der Waals surface area contributed by atoms with Gasteiger partial charge in [-0.25, -0.2) is 0 Å². The monoisotopic (exact) mass is 370 g/mol. The summed E-state index contributed by atoms with van der Waals surface area (Å²) in [6, 6.07) is 20.4. The van der Waals surface area contributed by atoms with E-state index in [9.17, 15) is 18.0 Å². The first-order chi connectivity index (χ1) is 12.9. The number of carbonyl (C=O) groups excluding carboxylic acids is 1. The van der Waals surface area contributed by atoms with Crippen molar-refractivity contribution >= 4 is 5.91 Å². The smallest absolute Gasteiger partial charge is 0.351 e. The topological polar surface area (TPSA) is 42.0 Å². The van der Waals surface area contributed by atoms with Crippen LogP contribution < -0.4 is 5.32 Å². The highest BCUT2D eigenvalue weighted by molar-refractivity contribution is 5.94. The van der Waals surface area contributed by atoms with Gasteiger partial charge in [0.25, 0.3) is 5.91 Å². The molecule has 0 fully saturated rings. The van der Waals surface area contributed by atoms with Crippen LogP contribution in [0.15, 0.2) is 79.0 Å². The maximum atomic E-state index is 12.8. The van der Waals surface area contributed by atoms with Crippen LogP contribution in [0, 0.1) is 0 Å². The van der Waals surface area contributed by atoms with E-state index in [2.05, 4.69) is 10.3 Å². The van der Waals surface area contributed by atoms with E-state index in [0.29, 0.717) is 11.1 Å². The third-order valence-corrected chi connectivity index (χ3v) is 4.18. The first-order valence-corrected chi connectivity index (χ1v) is 8.36. The van der Waals surface area contributed by atoms with Gasteiger partial charge in [0.05, 0.1) is 0 Å². The van der Waals surface area contributed by atoms with Gasteiger partial charge < -0.3 is 5.32 Å². The van der Waals surface area contributed by atoms with Crippen molar-refractivity contribution in [2.24, 2.45) is 0 Å². The van der Waals surface area contributed by atoms with Crippen LogP contribution in [0.25, 0.3) is 0 Å². The van der Waals surface area contributed by atoms with Crippen molar-refractivity contribution in [1.29, 1.82) is 0 Å². The van der Waals surface area contributed by atoms with Gasteiger partial charge in [-0.15, -0.1) is 0 Å². The molecule has 0 aliphatic heterocycles. The Kier molecular flexibility index (Phi) is 5.54. The van der Waals surface area contributed by atoms with Crippen molar-refractivity contribution in [2.75, 3.05) is 6.54 Å². The highest BCUT2D eigenvalue weighted by atomic mass is 19.4. The lowest BCUT2D eigenvalue weighted by Crippen LogP contribution is -2.29. The summed E-state index contributed by atoms with van der Waals surface area (Å²) < 4.78 is 38.3. The normalized spacial score (nSPS) is 12.4. The van der Waals surface area contributed by atoms with E-state index in [0.717, 1.165) is 11.6 Å². The lowest BCUT2D eigenvalue weighted by atomic mass is 9.92. The highest BCUT2D eigenvalue weighted by Gasteiger charge is 2.32. The molecule has 0 aliphatic rings. The predicted molar refractivity (Wildman–Crippen MR) is 96.3 cm³/mol. The highest BCUT2D eigenvalue weighted by Crippen LogP contribution is 2.29. The van der Waals surface area contributed by atoms with Crippen molar-refractivity contribution in [3.05, 3.63) is 101 Å². The van der Waals surface area contributed by atoms with Gasteiger partial charge in [-0.3, -0.25) is 9.78 Å². The van der Waals surface area contributed by atoms with Crippen LogP contribution in [0.1, 0.15) is 33.1 Å². The summed E-state index contributed by atoms with van der Waals surface area (Å²) in [6.07, 6.45) is -3.27. The zero-order valence-corrected chi connectivity index (χ0v) is 14.3. The van der Waals surface area contributed by atoms with Gasteiger partial charge in [-0.2, -0.15) is 13.2 Å². The molecule has 0 radical (unpaired) electrons. The fourth-order valence-electron chi connectivity index (χ4n) is 2.78. The minimum absolute atomic E-state index is 0.239. The summed E-state index contributed by atoms with van der Waals surface area (Å²) in [5.41, 5.74) is 1.07. The zero-order chi connectivity index (χ0) is 19.3. The van der Waals surface area contributed by atoms with E-state index in [1.807, 2.05) is 36.4 Å². The summed E-state index contributed by atoms with van der Waals surface area (Å²) in [4.78, 5) is 15.9. The molecule has 3 aromatic rings. The molecule has 138 valence electrons. The predicted octanol–water partition coefficient (Wildman–Crippen LogP) is 4.66. The molecule has 2 aromatic carbocycles. The molecule has 3 rings (SSSR count). The van der Waals surface area contributed by atoms with Gasteiger partial charge in [0.2, 0.25) is 0 Å². The first kappa shape index (κ1) is 18.6. The Morgan fingerprint density at radius 3 is 2.07 bits per heavy atom. The zero-order valence-electron chi connectivity index (χ0n) is 14.3. The average Bonchev–Trinajstić information content (AvgIpc) is 2.69. The largest absolute Gasteiger partial charge is 0.433 e. The molecule has 1 unspecified atom stereocenters. The minimum atomic E-state index is -4.48. The Balaban J connectivity index is 1.83. The third-order valence-electron chi connectivity index (χ3n) is 4.18. The summed E-state index contributed by atoms with van der Waals surface area (Å²) >= 11 is 0. The number of nitrogens with zero attached hydrogens (tertiary/aromatic N) is 1. The fraction of sp³-hybridized carbons (Fsp3) is 0.143. The Bertz CT molecular complexity index is 879. The van der Waals surface area contributed by atoms with Crippen LogP contribution in [0.3, 0.4) is 0 Å². The molecule has 3 nitrogen and oxygen atoms in total. The third kappa shape index (κ3) is 4.73. The second-order valence-electron chi connectivity index (χ2n) is 6.01. The van der Waals surface area contributed by atoms with E-state index < -0.39 is 11.9 Å². The van der Waals surface area contributed by atoms with Crippen LogP contribution in [0.5, 0.6) is 0 Å². The van der Waals surface area contributed by atoms with Gasteiger partial charge in [0.15, 0.2) is 0 Å². The quantitative estimate of drug-likeness (QED) is 0.710. The van der Waals surface area contributed by atoms with Crippen LogP contribution in [0.4, 0.5) is 13.2 Å². The van der Waals surface area contributed by atoms with Crippen LogP contribution in [-0.4, -0.2) is 17.4 Å². The van der Waals surface area contributed by atoms with Gasteiger partial charge >= 0.3 is 6.18 Å². The minimum Gasteiger partial charge on any atom is -0.351 e. The summed E-state index contributed by atoms with van der Waals surface area (Å²) in [5.74, 6) is -0.551. The second-order valence-corrected chi connectivity index (χ2v) is 6.01. The maximum absolute atomic E-state index is 12.8. The number of rotatable bonds is 5. The molecular formula is C21H17F3N2O. The number of aromatic nitrogens is 1. The molecule has 1 N–H and O–H groups in total. The van der Waals surface area contributed by atoms with E-state index in [-0.39, 0.29) is 18.4 Å². The summed E-state index contributed by atoms with van der Waals surface area (Å²) in [6.45, 7) is 0.241. The lowest BCUT2D eigenvalue weighted by Gasteiger charge is -2.19. The van der Waals surface area contributed by atoms with Crippen molar-refractivity contribution in [2.45, 2.75) is 12.1 Å². The number of halogens is 3. The maximum Gasteiger partial charge on any atom is 0.433 e. The standard InChI is InChI=1S/C21H17F3N2O/c22-21(23,24)19-12-11-17(13-25-19)18(15-7-3-1-4-8-15)14-26-20(27)16-9-5-2-6-10-16/h1-13,18H,14H2,(H,26,27). The molecular weight excluding hydrogens is 353 g/mol. The molecule has 0 spiro atoms. The number of nitrogens with one attached hydrogen (secondary N) is 1. The lowest BCUT2D eigenvalue weighted by molar-refractivity contribution is -0.141. The Labute approximate surface area is 154 Å². The Morgan fingerprint density at radius 2 is 1.52 bits per heavy atom. The molecule has 0 aliphatic carbocycles. The molecule has 27 heavy (non-hydrogen) atoms. The van der Waals surface area contributed by atoms with E-state index in [1.165, 1.54) is 12.3 Å². The van der Waals surface area contributed by atoms with Crippen molar-refractivity contribution in [3.63, 3.8) is 0 Å². The molecule has 1 heterocycles. The number of alkyl halides is 3. The van der Waals surface area contributed by atoms with E-state index in [4.69, 9.17) is 0 Å². The molecule has 1 atom stereocenters. The number of carbonyl (C=O) groups is 1. The molecule has 0 bridgehead atoms. The van der Waals surface area contributed by atoms with Crippen molar-refractivity contribution < 1.29 is 18.0 Å². The molecule has 1 amide bonds. The SMILES string of the molecule is O=C(NCC(c1ccccc1)c1ccc(C(F)(F)F)nc1)c1ccccc1. The van der Waals surface area contributed by atoms with Crippen LogP contribution in [-0.2, 0) is 6.18 Å². The number of pyridine rings is 1. The molecule has 6 heteroatoms. The molecule has 1 aromatic heterocycles. The van der Waals surface area contributed by atoms with Crippen LogP contribution in [0.2, 0.25) is 0 Å². The Morgan fingerprint density at radius 1 is 0.889 bits per heavy atom. The molecule has 0 saturated carbocycles. The number of benzene rings is 2. The number of amides is 1. The Hall–Kier alpha value is -3.15. The molecule has 0 saturated heterocycles. The van der Waals surface area contributed by atoms with E-state index in [1.54, 1.807) is 24.3 Å². The summed E-state index contributed by atoms with van der Waals surface area (Å²) in [7, 11) is 0. The van der Waals surface area contributed by atoms with E-state index >= 15 is 0 Å². The first-order valence-electron chi connectivity index (χ1n) is 8.36. The van der Waals surface area contributed by atoms with Crippen molar-refractivity contribution in [3.8, 4) is 0 Å². The van der Waals surface area contributed by atoms with Crippen molar-refractivity contribution in [1.82, 2.24) is 10.3 Å². The fourth-order valence-corrected chi connectivity index (χ4v) is 2.78. The number of hydrogen-bond acceptors (Lipinski definition) is 2. The van der Waals surface area contributed by atoms with Gasteiger partial charge in [0.1, 0.15) is 5.69 Å².